The summed E-state index contributed by atoms with van der Waals surface area (Å²) in [6, 6.07) is 102. The van der Waals surface area contributed by atoms with Gasteiger partial charge in [0.05, 0.1) is 5.52 Å². The predicted octanol–water partition coefficient (Wildman–Crippen LogP) is 19.9. The third kappa shape index (κ3) is 7.58. The quantitative estimate of drug-likeness (QED) is 0.134. The van der Waals surface area contributed by atoms with E-state index in [1.165, 1.54) is 132 Å². The van der Waals surface area contributed by atoms with Gasteiger partial charge in [-0.2, -0.15) is 0 Å². The molecule has 1 heterocycles. The predicted molar refractivity (Wildman–Crippen MR) is 311 cm³/mol. The van der Waals surface area contributed by atoms with E-state index < -0.39 is 0 Å². The average molecular weight is 926 g/mol. The minimum absolute atomic E-state index is 1.13. The Balaban J connectivity index is 0.788. The molecule has 0 aliphatic rings. The Kier molecular flexibility index (Phi) is 10.3. The molecule has 73 heavy (non-hydrogen) atoms. The molecule has 0 unspecified atom stereocenters. The van der Waals surface area contributed by atoms with E-state index in [4.69, 9.17) is 0 Å². The zero-order valence-corrected chi connectivity index (χ0v) is 40.1. The van der Waals surface area contributed by atoms with E-state index in [2.05, 4.69) is 290 Å². The molecule has 14 rings (SSSR count). The molecular formula is C72H47N. The highest BCUT2D eigenvalue weighted by molar-refractivity contribution is 6.15. The van der Waals surface area contributed by atoms with E-state index in [1.54, 1.807) is 0 Å². The Hall–Kier alpha value is -9.56. The topological polar surface area (TPSA) is 4.93 Å². The van der Waals surface area contributed by atoms with Crippen molar-refractivity contribution in [3.63, 3.8) is 0 Å². The summed E-state index contributed by atoms with van der Waals surface area (Å²) < 4.78 is 2.35. The van der Waals surface area contributed by atoms with E-state index in [9.17, 15) is 0 Å². The summed E-state index contributed by atoms with van der Waals surface area (Å²) in [5.74, 6) is 0. The molecule has 1 heteroatoms. The first-order valence-electron chi connectivity index (χ1n) is 25.2. The van der Waals surface area contributed by atoms with Crippen molar-refractivity contribution < 1.29 is 0 Å². The Morgan fingerprint density at radius 1 is 0.192 bits per heavy atom. The number of nitrogens with zero attached hydrogens (tertiary/aromatic N) is 1. The minimum atomic E-state index is 1.13. The molecule has 0 aliphatic carbocycles. The molecule has 0 spiro atoms. The normalized spacial score (nSPS) is 11.6. The van der Waals surface area contributed by atoms with Crippen LogP contribution in [0.2, 0.25) is 0 Å². The van der Waals surface area contributed by atoms with Crippen LogP contribution < -0.4 is 0 Å². The highest BCUT2D eigenvalue weighted by Gasteiger charge is 2.16. The molecule has 340 valence electrons. The van der Waals surface area contributed by atoms with Crippen LogP contribution in [0.25, 0.3) is 138 Å². The highest BCUT2D eigenvalue weighted by atomic mass is 15.0. The second-order valence-corrected chi connectivity index (χ2v) is 19.2. The smallest absolute Gasteiger partial charge is 0.0535 e. The second kappa shape index (κ2) is 17.7. The van der Waals surface area contributed by atoms with Crippen molar-refractivity contribution in [2.45, 2.75) is 0 Å². The van der Waals surface area contributed by atoms with Crippen molar-refractivity contribution in [2.24, 2.45) is 0 Å². The first-order valence-corrected chi connectivity index (χ1v) is 25.2. The zero-order chi connectivity index (χ0) is 48.2. The van der Waals surface area contributed by atoms with Gasteiger partial charge in [-0.1, -0.05) is 243 Å². The van der Waals surface area contributed by atoms with Gasteiger partial charge in [-0.15, -0.1) is 0 Å². The molecule has 0 N–H and O–H groups in total. The maximum absolute atomic E-state index is 2.38. The number of rotatable bonds is 8. The number of hydrogen-bond donors (Lipinski definition) is 0. The van der Waals surface area contributed by atoms with E-state index in [1.807, 2.05) is 0 Å². The standard InChI is InChI=1S/C72H47N/c1-2-12-48(13-3-1)53-38-41-61(42-39-53)73-47-71(57-36-30-52(31-37-57)51-28-34-56(35-29-51)69-46-60-15-5-7-17-63(60)65-19-9-11-21-67(65)69)70-44-58(40-43-72(70)73)54-24-22-49(23-25-54)50-26-32-55(33-27-50)68-45-59-14-4-6-16-62(59)64-18-8-10-20-66(64)68/h1-47H. The van der Waals surface area contributed by atoms with Crippen molar-refractivity contribution in [1.29, 1.82) is 0 Å². The monoisotopic (exact) mass is 925 g/mol. The summed E-state index contributed by atoms with van der Waals surface area (Å²) >= 11 is 0. The molecule has 13 aromatic carbocycles. The van der Waals surface area contributed by atoms with Gasteiger partial charge in [-0.3, -0.25) is 0 Å². The van der Waals surface area contributed by atoms with Gasteiger partial charge in [-0.25, -0.2) is 0 Å². The average Bonchev–Trinajstić information content (AvgIpc) is 3.87. The van der Waals surface area contributed by atoms with Gasteiger partial charge in [0.25, 0.3) is 0 Å². The number of fused-ring (bicyclic) bond motifs is 7. The minimum Gasteiger partial charge on any atom is -0.316 e. The number of benzene rings is 13. The zero-order valence-electron chi connectivity index (χ0n) is 40.1. The molecule has 14 aromatic rings. The lowest BCUT2D eigenvalue weighted by Gasteiger charge is -2.12. The molecule has 0 amide bonds. The van der Waals surface area contributed by atoms with Crippen molar-refractivity contribution in [2.75, 3.05) is 0 Å². The Morgan fingerprint density at radius 2 is 0.521 bits per heavy atom. The fraction of sp³-hybridized carbons (Fsp3) is 0. The SMILES string of the molecule is c1ccc(-c2ccc(-n3cc(-c4ccc(-c5ccc(-c6cc7ccccc7c7ccccc67)cc5)cc4)c4cc(-c5ccc(-c6ccc(-c7cc8ccccc8c8ccccc78)cc6)cc5)ccc43)cc2)cc1. The van der Waals surface area contributed by atoms with Gasteiger partial charge >= 0.3 is 0 Å². The Bertz CT molecular complexity index is 4350. The molecule has 0 atom stereocenters. The first kappa shape index (κ1) is 42.3. The molecule has 1 aromatic heterocycles. The van der Waals surface area contributed by atoms with Gasteiger partial charge < -0.3 is 4.57 Å². The largest absolute Gasteiger partial charge is 0.316 e. The summed E-state index contributed by atoms with van der Waals surface area (Å²) in [4.78, 5) is 0. The molecule has 0 fully saturated rings. The summed E-state index contributed by atoms with van der Waals surface area (Å²) in [7, 11) is 0. The summed E-state index contributed by atoms with van der Waals surface area (Å²) in [6.45, 7) is 0. The van der Waals surface area contributed by atoms with Crippen LogP contribution in [-0.2, 0) is 0 Å². The van der Waals surface area contributed by atoms with Crippen LogP contribution in [-0.4, -0.2) is 4.57 Å². The lowest BCUT2D eigenvalue weighted by Crippen LogP contribution is -1.92. The van der Waals surface area contributed by atoms with Crippen molar-refractivity contribution >= 4 is 54.0 Å². The van der Waals surface area contributed by atoms with Crippen LogP contribution in [0.4, 0.5) is 0 Å². The van der Waals surface area contributed by atoms with Crippen LogP contribution in [0.3, 0.4) is 0 Å². The molecule has 1 nitrogen and oxygen atoms in total. The molecule has 0 radical (unpaired) electrons. The molecule has 0 aliphatic heterocycles. The molecule has 0 saturated carbocycles. The fourth-order valence-electron chi connectivity index (χ4n) is 11.3. The van der Waals surface area contributed by atoms with Gasteiger partial charge in [0.1, 0.15) is 0 Å². The molecular weight excluding hydrogens is 879 g/mol. The third-order valence-electron chi connectivity index (χ3n) is 15.1. The van der Waals surface area contributed by atoms with Crippen LogP contribution in [0.15, 0.2) is 285 Å². The van der Waals surface area contributed by atoms with Crippen LogP contribution in [0, 0.1) is 0 Å². The molecule has 0 saturated heterocycles. The van der Waals surface area contributed by atoms with Crippen LogP contribution >= 0.6 is 0 Å². The number of hydrogen-bond acceptors (Lipinski definition) is 0. The molecule has 0 bridgehead atoms. The van der Waals surface area contributed by atoms with Gasteiger partial charge in [0, 0.05) is 22.8 Å². The lowest BCUT2D eigenvalue weighted by molar-refractivity contribution is 1.13. The van der Waals surface area contributed by atoms with Gasteiger partial charge in [0.15, 0.2) is 0 Å². The lowest BCUT2D eigenvalue weighted by atomic mass is 9.92. The Labute approximate surface area is 425 Å². The van der Waals surface area contributed by atoms with E-state index in [0.717, 1.165) is 5.69 Å². The second-order valence-electron chi connectivity index (χ2n) is 19.2. The van der Waals surface area contributed by atoms with Crippen molar-refractivity contribution in [1.82, 2.24) is 4.57 Å². The Morgan fingerprint density at radius 3 is 0.986 bits per heavy atom. The van der Waals surface area contributed by atoms with Gasteiger partial charge in [-0.05, 0) is 152 Å². The summed E-state index contributed by atoms with van der Waals surface area (Å²) in [5, 5.41) is 11.4. The van der Waals surface area contributed by atoms with Crippen LogP contribution in [0.1, 0.15) is 0 Å². The summed E-state index contributed by atoms with van der Waals surface area (Å²) in [6.07, 6.45) is 2.32. The first-order chi connectivity index (χ1) is 36.2. The maximum Gasteiger partial charge on any atom is 0.0535 e. The third-order valence-corrected chi connectivity index (χ3v) is 15.1. The van der Waals surface area contributed by atoms with Crippen LogP contribution in [0.5, 0.6) is 0 Å². The van der Waals surface area contributed by atoms with Crippen molar-refractivity contribution in [3.05, 3.63) is 285 Å². The fourth-order valence-corrected chi connectivity index (χ4v) is 11.3. The van der Waals surface area contributed by atoms with E-state index >= 15 is 0 Å². The number of aromatic nitrogens is 1. The van der Waals surface area contributed by atoms with E-state index in [0.29, 0.717) is 0 Å². The maximum atomic E-state index is 2.38. The summed E-state index contributed by atoms with van der Waals surface area (Å²) in [5.41, 5.74) is 19.2. The van der Waals surface area contributed by atoms with Crippen molar-refractivity contribution in [3.8, 4) is 83.6 Å². The highest BCUT2D eigenvalue weighted by Crippen LogP contribution is 2.40. The van der Waals surface area contributed by atoms with Gasteiger partial charge in [0.2, 0.25) is 0 Å². The van der Waals surface area contributed by atoms with E-state index in [-0.39, 0.29) is 0 Å².